The van der Waals surface area contributed by atoms with Gasteiger partial charge in [0.1, 0.15) is 5.82 Å². The molecule has 0 aliphatic carbocycles. The van der Waals surface area contributed by atoms with E-state index in [1.807, 2.05) is 12.4 Å². The van der Waals surface area contributed by atoms with E-state index >= 15 is 0 Å². The first kappa shape index (κ1) is 13.6. The van der Waals surface area contributed by atoms with Crippen molar-refractivity contribution >= 4 is 0 Å². The Bertz CT molecular complexity index is 377. The molecule has 0 aromatic carbocycles. The molecular weight excluding hydrogens is 226 g/mol. The van der Waals surface area contributed by atoms with Crippen LogP contribution in [0.25, 0.3) is 0 Å². The van der Waals surface area contributed by atoms with Gasteiger partial charge in [-0.05, 0) is 39.3 Å². The SMILES string of the molecule is CCCn1ccnc1CC1(O)CCCN(C)CC1. The maximum atomic E-state index is 10.8. The minimum absolute atomic E-state index is 0.568. The summed E-state index contributed by atoms with van der Waals surface area (Å²) < 4.78 is 2.17. The summed E-state index contributed by atoms with van der Waals surface area (Å²) in [7, 11) is 2.13. The Labute approximate surface area is 110 Å². The van der Waals surface area contributed by atoms with Crippen molar-refractivity contribution in [2.45, 2.75) is 51.2 Å². The van der Waals surface area contributed by atoms with Crippen molar-refractivity contribution in [3.8, 4) is 0 Å². The standard InChI is InChI=1S/C14H25N3O/c1-3-8-17-11-7-15-13(17)12-14(18)5-4-9-16(2)10-6-14/h7,11,18H,3-6,8-10,12H2,1-2H3. The van der Waals surface area contributed by atoms with Crippen LogP contribution in [0.5, 0.6) is 0 Å². The predicted octanol–water partition coefficient (Wildman–Crippen LogP) is 1.68. The van der Waals surface area contributed by atoms with Crippen LogP contribution in [0.4, 0.5) is 0 Å². The highest BCUT2D eigenvalue weighted by atomic mass is 16.3. The highest BCUT2D eigenvalue weighted by Crippen LogP contribution is 2.25. The second-order valence-corrected chi connectivity index (χ2v) is 5.59. The van der Waals surface area contributed by atoms with Crippen LogP contribution in [-0.4, -0.2) is 45.3 Å². The van der Waals surface area contributed by atoms with Crippen LogP contribution < -0.4 is 0 Å². The van der Waals surface area contributed by atoms with Crippen LogP contribution in [0.1, 0.15) is 38.4 Å². The number of likely N-dealkylation sites (tertiary alicyclic amines) is 1. The number of imidazole rings is 1. The maximum Gasteiger partial charge on any atom is 0.111 e. The Hall–Kier alpha value is -0.870. The molecule has 4 heteroatoms. The van der Waals surface area contributed by atoms with Gasteiger partial charge in [-0.25, -0.2) is 4.98 Å². The molecule has 0 amide bonds. The lowest BCUT2D eigenvalue weighted by Gasteiger charge is -2.26. The first-order valence-corrected chi connectivity index (χ1v) is 7.04. The lowest BCUT2D eigenvalue weighted by atomic mass is 9.91. The first-order chi connectivity index (χ1) is 8.63. The molecule has 0 radical (unpaired) electrons. The predicted molar refractivity (Wildman–Crippen MR) is 72.5 cm³/mol. The zero-order valence-electron chi connectivity index (χ0n) is 11.6. The molecule has 2 heterocycles. The molecule has 1 atom stereocenters. The van der Waals surface area contributed by atoms with E-state index in [1.54, 1.807) is 0 Å². The summed E-state index contributed by atoms with van der Waals surface area (Å²) in [6.45, 7) is 5.22. The molecule has 1 aliphatic rings. The van der Waals surface area contributed by atoms with Crippen molar-refractivity contribution in [3.63, 3.8) is 0 Å². The lowest BCUT2D eigenvalue weighted by molar-refractivity contribution is 0.0236. The molecule has 2 rings (SSSR count). The fraction of sp³-hybridized carbons (Fsp3) is 0.786. The number of rotatable bonds is 4. The van der Waals surface area contributed by atoms with Gasteiger partial charge in [-0.1, -0.05) is 6.92 Å². The molecule has 0 spiro atoms. The number of aryl methyl sites for hydroxylation is 1. The molecule has 1 aliphatic heterocycles. The second-order valence-electron chi connectivity index (χ2n) is 5.59. The Balaban J connectivity index is 2.04. The average Bonchev–Trinajstić information content (AvgIpc) is 2.67. The number of aromatic nitrogens is 2. The van der Waals surface area contributed by atoms with Gasteiger partial charge in [0.15, 0.2) is 0 Å². The van der Waals surface area contributed by atoms with Gasteiger partial charge >= 0.3 is 0 Å². The molecule has 0 saturated carbocycles. The summed E-state index contributed by atoms with van der Waals surface area (Å²) in [5, 5.41) is 10.8. The smallest absolute Gasteiger partial charge is 0.111 e. The van der Waals surface area contributed by atoms with Crippen LogP contribution in [0, 0.1) is 0 Å². The topological polar surface area (TPSA) is 41.3 Å². The molecule has 102 valence electrons. The summed E-state index contributed by atoms with van der Waals surface area (Å²) in [5.74, 6) is 1.03. The van der Waals surface area contributed by atoms with Crippen molar-refractivity contribution in [2.75, 3.05) is 20.1 Å². The summed E-state index contributed by atoms with van der Waals surface area (Å²) >= 11 is 0. The molecule has 1 aromatic rings. The zero-order valence-corrected chi connectivity index (χ0v) is 11.6. The van der Waals surface area contributed by atoms with Gasteiger partial charge in [0.05, 0.1) is 5.60 Å². The van der Waals surface area contributed by atoms with Crippen molar-refractivity contribution in [1.82, 2.24) is 14.5 Å². The molecule has 0 bridgehead atoms. The number of aliphatic hydroxyl groups is 1. The van der Waals surface area contributed by atoms with Crippen LogP contribution in [-0.2, 0) is 13.0 Å². The number of hydrogen-bond donors (Lipinski definition) is 1. The van der Waals surface area contributed by atoms with Gasteiger partial charge in [0.25, 0.3) is 0 Å². The van der Waals surface area contributed by atoms with E-state index in [0.29, 0.717) is 6.42 Å². The fourth-order valence-electron chi connectivity index (χ4n) is 2.74. The third-order valence-electron chi connectivity index (χ3n) is 3.89. The lowest BCUT2D eigenvalue weighted by Crippen LogP contribution is -2.34. The van der Waals surface area contributed by atoms with E-state index < -0.39 is 5.60 Å². The molecule has 1 saturated heterocycles. The third kappa shape index (κ3) is 3.33. The minimum atomic E-state index is -0.568. The van der Waals surface area contributed by atoms with Gasteiger partial charge < -0.3 is 14.6 Å². The third-order valence-corrected chi connectivity index (χ3v) is 3.89. The number of hydrogen-bond acceptors (Lipinski definition) is 3. The molecule has 1 aromatic heterocycles. The van der Waals surface area contributed by atoms with E-state index in [1.165, 1.54) is 0 Å². The summed E-state index contributed by atoms with van der Waals surface area (Å²) in [4.78, 5) is 6.72. The van der Waals surface area contributed by atoms with Crippen LogP contribution in [0.15, 0.2) is 12.4 Å². The van der Waals surface area contributed by atoms with E-state index in [4.69, 9.17) is 0 Å². The highest BCUT2D eigenvalue weighted by Gasteiger charge is 2.30. The highest BCUT2D eigenvalue weighted by molar-refractivity contribution is 5.00. The van der Waals surface area contributed by atoms with Crippen molar-refractivity contribution in [3.05, 3.63) is 18.2 Å². The molecule has 1 unspecified atom stereocenters. The zero-order chi connectivity index (χ0) is 13.0. The van der Waals surface area contributed by atoms with Crippen molar-refractivity contribution < 1.29 is 5.11 Å². The largest absolute Gasteiger partial charge is 0.389 e. The molecule has 1 N–H and O–H groups in total. The summed E-state index contributed by atoms with van der Waals surface area (Å²) in [5.41, 5.74) is -0.568. The van der Waals surface area contributed by atoms with Gasteiger partial charge in [-0.2, -0.15) is 0 Å². The van der Waals surface area contributed by atoms with Gasteiger partial charge in [-0.3, -0.25) is 0 Å². The molecular formula is C14H25N3O. The van der Waals surface area contributed by atoms with E-state index in [2.05, 4.69) is 28.4 Å². The average molecular weight is 251 g/mol. The number of nitrogens with zero attached hydrogens (tertiary/aromatic N) is 3. The van der Waals surface area contributed by atoms with Crippen LogP contribution >= 0.6 is 0 Å². The van der Waals surface area contributed by atoms with Gasteiger partial charge in [-0.15, -0.1) is 0 Å². The monoisotopic (exact) mass is 251 g/mol. The fourth-order valence-corrected chi connectivity index (χ4v) is 2.74. The Kier molecular flexibility index (Phi) is 4.40. The quantitative estimate of drug-likeness (QED) is 0.885. The van der Waals surface area contributed by atoms with Crippen LogP contribution in [0.2, 0.25) is 0 Å². The Morgan fingerprint density at radius 2 is 2.22 bits per heavy atom. The summed E-state index contributed by atoms with van der Waals surface area (Å²) in [6, 6.07) is 0. The van der Waals surface area contributed by atoms with E-state index in [0.717, 1.165) is 51.1 Å². The van der Waals surface area contributed by atoms with Crippen LogP contribution in [0.3, 0.4) is 0 Å². The van der Waals surface area contributed by atoms with Crippen molar-refractivity contribution in [2.24, 2.45) is 0 Å². The molecule has 18 heavy (non-hydrogen) atoms. The normalized spacial score (nSPS) is 26.2. The first-order valence-electron chi connectivity index (χ1n) is 7.04. The molecule has 4 nitrogen and oxygen atoms in total. The minimum Gasteiger partial charge on any atom is -0.389 e. The Morgan fingerprint density at radius 3 is 3.00 bits per heavy atom. The van der Waals surface area contributed by atoms with Gasteiger partial charge in [0.2, 0.25) is 0 Å². The van der Waals surface area contributed by atoms with Gasteiger partial charge in [0, 0.05) is 31.9 Å². The van der Waals surface area contributed by atoms with E-state index in [-0.39, 0.29) is 0 Å². The Morgan fingerprint density at radius 1 is 1.39 bits per heavy atom. The summed E-state index contributed by atoms with van der Waals surface area (Å²) in [6.07, 6.45) is 8.46. The van der Waals surface area contributed by atoms with Crippen molar-refractivity contribution in [1.29, 1.82) is 0 Å². The van der Waals surface area contributed by atoms with E-state index in [9.17, 15) is 5.11 Å². The maximum absolute atomic E-state index is 10.8. The molecule has 1 fully saturated rings. The second kappa shape index (κ2) is 5.85.